The molecule has 2 rings (SSSR count). The number of rotatable bonds is 14. The first-order valence-corrected chi connectivity index (χ1v) is 11.9. The van der Waals surface area contributed by atoms with E-state index >= 15 is 0 Å². The van der Waals surface area contributed by atoms with Crippen LogP contribution in [-0.2, 0) is 33.3 Å². The summed E-state index contributed by atoms with van der Waals surface area (Å²) in [4.78, 5) is 34.3. The maximum absolute atomic E-state index is 12.1. The van der Waals surface area contributed by atoms with E-state index in [0.29, 0.717) is 0 Å². The highest BCUT2D eigenvalue weighted by Gasteiger charge is 2.57. The Kier molecular flexibility index (Phi) is 12.3. The largest absolute Gasteiger partial charge is 0.481 e. The first-order valence-electron chi connectivity index (χ1n) is 11.9. The van der Waals surface area contributed by atoms with Crippen molar-refractivity contribution >= 4 is 17.8 Å². The number of unbranched alkanes of at least 4 members (excludes halogenated alkanes) is 1. The molecule has 2 aliphatic heterocycles. The van der Waals surface area contributed by atoms with Gasteiger partial charge in [0.1, 0.15) is 49.3 Å². The Hall–Kier alpha value is -2.07. The number of aliphatic hydroxyl groups excluding tert-OH is 8. The number of amides is 1. The third-order valence-electron chi connectivity index (χ3n) is 6.24. The standard InChI is InChI=1S/C21H35NO17/c23-5-9-16(12(28)14(30)19(35)37-9)38-20-15(31)13(29)17(32)21(7-24,39-20)36-6-8(18(33)34)22-10(25)3-1-2-4-11(26)27/h8-9,12-17,19-20,23-24,28-32,35H,1-7H2,(H,22,25)(H,26,27)(H,33,34)/t8?,9-,12-,13+,14-,15-,16-,17-,19-,20+,21-/m1/s1. The molecule has 0 aliphatic carbocycles. The number of aliphatic hydroxyl groups is 8. The summed E-state index contributed by atoms with van der Waals surface area (Å²) < 4.78 is 20.9. The molecular weight excluding hydrogens is 538 g/mol. The fraction of sp³-hybridized carbons (Fsp3) is 0.857. The van der Waals surface area contributed by atoms with Crippen molar-refractivity contribution in [1.82, 2.24) is 5.32 Å². The van der Waals surface area contributed by atoms with Gasteiger partial charge in [-0.15, -0.1) is 0 Å². The molecule has 11 atom stereocenters. The normalized spacial score (nSPS) is 37.7. The molecular formula is C21H35NO17. The zero-order valence-electron chi connectivity index (χ0n) is 20.6. The molecule has 1 amide bonds. The Balaban J connectivity index is 2.13. The van der Waals surface area contributed by atoms with E-state index in [1.807, 2.05) is 0 Å². The van der Waals surface area contributed by atoms with Crippen LogP contribution in [0.1, 0.15) is 25.7 Å². The lowest BCUT2D eigenvalue weighted by atomic mass is 9.95. The molecule has 2 heterocycles. The molecule has 0 spiro atoms. The van der Waals surface area contributed by atoms with E-state index in [0.717, 1.165) is 0 Å². The van der Waals surface area contributed by atoms with E-state index in [1.54, 1.807) is 0 Å². The Morgan fingerprint density at radius 2 is 1.54 bits per heavy atom. The van der Waals surface area contributed by atoms with Crippen molar-refractivity contribution in [3.63, 3.8) is 0 Å². The van der Waals surface area contributed by atoms with Crippen LogP contribution in [0.2, 0.25) is 0 Å². The summed E-state index contributed by atoms with van der Waals surface area (Å²) in [7, 11) is 0. The van der Waals surface area contributed by atoms with Crippen molar-refractivity contribution in [3.05, 3.63) is 0 Å². The molecule has 0 saturated carbocycles. The Morgan fingerprint density at radius 1 is 0.897 bits per heavy atom. The molecule has 0 bridgehead atoms. The number of hydrogen-bond acceptors (Lipinski definition) is 15. The fourth-order valence-corrected chi connectivity index (χ4v) is 3.97. The number of ether oxygens (including phenoxy) is 4. The summed E-state index contributed by atoms with van der Waals surface area (Å²) in [6.07, 6.45) is -17.4. The molecule has 0 aromatic heterocycles. The van der Waals surface area contributed by atoms with Gasteiger partial charge in [-0.25, -0.2) is 4.79 Å². The molecule has 2 aliphatic rings. The molecule has 18 heteroatoms. The van der Waals surface area contributed by atoms with Crippen molar-refractivity contribution < 1.29 is 84.4 Å². The van der Waals surface area contributed by atoms with Gasteiger partial charge in [0.25, 0.3) is 0 Å². The van der Waals surface area contributed by atoms with Crippen molar-refractivity contribution in [3.8, 4) is 0 Å². The van der Waals surface area contributed by atoms with Gasteiger partial charge in [0.2, 0.25) is 11.7 Å². The van der Waals surface area contributed by atoms with Crippen molar-refractivity contribution in [1.29, 1.82) is 0 Å². The van der Waals surface area contributed by atoms with Gasteiger partial charge in [0.05, 0.1) is 13.2 Å². The van der Waals surface area contributed by atoms with Crippen LogP contribution in [0.4, 0.5) is 0 Å². The summed E-state index contributed by atoms with van der Waals surface area (Å²) in [5.74, 6) is -6.07. The van der Waals surface area contributed by atoms with Crippen LogP contribution in [0, 0.1) is 0 Å². The summed E-state index contributed by atoms with van der Waals surface area (Å²) in [5, 5.41) is 101. The molecule has 2 saturated heterocycles. The van der Waals surface area contributed by atoms with Crippen LogP contribution < -0.4 is 5.32 Å². The lowest BCUT2D eigenvalue weighted by Crippen LogP contribution is -2.69. The summed E-state index contributed by atoms with van der Waals surface area (Å²) in [5.41, 5.74) is 0. The Labute approximate surface area is 220 Å². The lowest BCUT2D eigenvalue weighted by molar-refractivity contribution is -0.425. The molecule has 0 aromatic carbocycles. The second kappa shape index (κ2) is 14.5. The van der Waals surface area contributed by atoms with Gasteiger partial charge in [-0.2, -0.15) is 0 Å². The maximum Gasteiger partial charge on any atom is 0.328 e. The topological polar surface area (TPSA) is 302 Å². The smallest absolute Gasteiger partial charge is 0.328 e. The Bertz CT molecular complexity index is 828. The highest BCUT2D eigenvalue weighted by Crippen LogP contribution is 2.34. The number of hydrogen-bond donors (Lipinski definition) is 11. The lowest BCUT2D eigenvalue weighted by Gasteiger charge is -2.49. The van der Waals surface area contributed by atoms with Crippen LogP contribution in [0.5, 0.6) is 0 Å². The van der Waals surface area contributed by atoms with Crippen LogP contribution in [-0.4, -0.2) is 156 Å². The van der Waals surface area contributed by atoms with E-state index in [-0.39, 0.29) is 25.7 Å². The minimum Gasteiger partial charge on any atom is -0.481 e. The Morgan fingerprint density at radius 3 is 2.10 bits per heavy atom. The van der Waals surface area contributed by atoms with Gasteiger partial charge >= 0.3 is 11.9 Å². The van der Waals surface area contributed by atoms with Crippen molar-refractivity contribution in [2.24, 2.45) is 0 Å². The maximum atomic E-state index is 12.1. The van der Waals surface area contributed by atoms with Gasteiger partial charge < -0.3 is 75.3 Å². The minimum absolute atomic E-state index is 0.147. The van der Waals surface area contributed by atoms with Gasteiger partial charge in [0, 0.05) is 12.8 Å². The predicted octanol–water partition coefficient (Wildman–Crippen LogP) is -5.84. The van der Waals surface area contributed by atoms with Crippen molar-refractivity contribution in [2.45, 2.75) is 92.8 Å². The first-order chi connectivity index (χ1) is 18.3. The number of nitrogens with one attached hydrogen (secondary N) is 1. The third kappa shape index (κ3) is 8.22. The van der Waals surface area contributed by atoms with E-state index in [4.69, 9.17) is 24.1 Å². The van der Waals surface area contributed by atoms with E-state index in [2.05, 4.69) is 5.32 Å². The van der Waals surface area contributed by atoms with Gasteiger partial charge in [0.15, 0.2) is 18.6 Å². The second-order valence-electron chi connectivity index (χ2n) is 9.08. The van der Waals surface area contributed by atoms with Crippen LogP contribution in [0.25, 0.3) is 0 Å². The summed E-state index contributed by atoms with van der Waals surface area (Å²) in [6.45, 7) is -3.04. The minimum atomic E-state index is -2.64. The monoisotopic (exact) mass is 573 g/mol. The predicted molar refractivity (Wildman–Crippen MR) is 119 cm³/mol. The molecule has 2 fully saturated rings. The molecule has 0 radical (unpaired) electrons. The molecule has 226 valence electrons. The quantitative estimate of drug-likeness (QED) is 0.0862. The third-order valence-corrected chi connectivity index (χ3v) is 6.24. The number of carbonyl (C=O) groups is 3. The molecule has 0 aromatic rings. The van der Waals surface area contributed by atoms with Crippen molar-refractivity contribution in [2.75, 3.05) is 19.8 Å². The van der Waals surface area contributed by atoms with Gasteiger partial charge in [-0.05, 0) is 12.8 Å². The van der Waals surface area contributed by atoms with E-state index in [9.17, 15) is 60.3 Å². The zero-order chi connectivity index (χ0) is 29.5. The van der Waals surface area contributed by atoms with Crippen LogP contribution in [0.15, 0.2) is 0 Å². The van der Waals surface area contributed by atoms with Crippen LogP contribution in [0.3, 0.4) is 0 Å². The molecule has 1 unspecified atom stereocenters. The number of carboxylic acids is 2. The summed E-state index contributed by atoms with van der Waals surface area (Å²) in [6, 6.07) is -1.76. The van der Waals surface area contributed by atoms with Gasteiger partial charge in [-0.1, -0.05) is 0 Å². The summed E-state index contributed by atoms with van der Waals surface area (Å²) >= 11 is 0. The number of carbonyl (C=O) groups excluding carboxylic acids is 1. The van der Waals surface area contributed by atoms with Crippen LogP contribution >= 0.6 is 0 Å². The first kappa shape index (κ1) is 33.1. The van der Waals surface area contributed by atoms with Gasteiger partial charge in [-0.3, -0.25) is 9.59 Å². The average Bonchev–Trinajstić information content (AvgIpc) is 2.89. The number of aliphatic carboxylic acids is 2. The second-order valence-corrected chi connectivity index (χ2v) is 9.08. The zero-order valence-corrected chi connectivity index (χ0v) is 20.6. The molecule has 18 nitrogen and oxygen atoms in total. The highest BCUT2D eigenvalue weighted by atomic mass is 16.8. The average molecular weight is 574 g/mol. The van der Waals surface area contributed by atoms with E-state index in [1.165, 1.54) is 0 Å². The fourth-order valence-electron chi connectivity index (χ4n) is 3.97. The highest BCUT2D eigenvalue weighted by molar-refractivity contribution is 5.83. The number of carboxylic acid groups (broad SMARTS) is 2. The molecule has 39 heavy (non-hydrogen) atoms. The SMILES string of the molecule is O=C(O)CCCCC(=O)NC(CO[C@]1(CO)O[C@H](O[C@H]2[C@H](O)[C@@H](O)[C@H](O)O[C@@H]2CO)[C@H](O)[C@H](O)[C@H]1O)C(=O)O. The molecule has 11 N–H and O–H groups in total. The van der Waals surface area contributed by atoms with E-state index < -0.39 is 105 Å².